The van der Waals surface area contributed by atoms with Crippen LogP contribution >= 0.6 is 11.6 Å². The molecule has 5 heteroatoms. The van der Waals surface area contributed by atoms with Gasteiger partial charge in [0.1, 0.15) is 0 Å². The molecular weight excluding hydrogens is 252 g/mol. The molecule has 0 aromatic heterocycles. The molecule has 0 unspecified atom stereocenters. The number of benzene rings is 1. The van der Waals surface area contributed by atoms with E-state index in [1.807, 2.05) is 19.9 Å². The number of aryl methyl sites for hydroxylation is 1. The van der Waals surface area contributed by atoms with Gasteiger partial charge in [0.15, 0.2) is 0 Å². The summed E-state index contributed by atoms with van der Waals surface area (Å²) in [6.45, 7) is 3.75. The van der Waals surface area contributed by atoms with Crippen molar-refractivity contribution >= 4 is 22.3 Å². The molecule has 0 spiro atoms. The zero-order valence-electron chi connectivity index (χ0n) is 10.2. The summed E-state index contributed by atoms with van der Waals surface area (Å²) < 4.78 is 0. The Morgan fingerprint density at radius 2 is 2.22 bits per heavy atom. The predicted molar refractivity (Wildman–Crippen MR) is 71.1 cm³/mol. The quantitative estimate of drug-likeness (QED) is 0.465. The maximum Gasteiger partial charge on any atom is 0.278 e. The minimum Gasteiger partial charge on any atom is -0.258 e. The Morgan fingerprint density at radius 1 is 1.56 bits per heavy atom. The van der Waals surface area contributed by atoms with Crippen LogP contribution in [0.1, 0.15) is 30.9 Å². The SMILES string of the molecule is CCCC(C#N)=C(Cl)c1cc(C)ccc1[N+](=O)[O-]. The number of nitro groups is 1. The molecule has 0 aliphatic rings. The van der Waals surface area contributed by atoms with E-state index in [2.05, 4.69) is 0 Å². The summed E-state index contributed by atoms with van der Waals surface area (Å²) in [6, 6.07) is 6.71. The van der Waals surface area contributed by atoms with Crippen molar-refractivity contribution in [2.75, 3.05) is 0 Å². The smallest absolute Gasteiger partial charge is 0.258 e. The molecular formula is C13H13ClN2O2. The summed E-state index contributed by atoms with van der Waals surface area (Å²) in [6.07, 6.45) is 1.28. The summed E-state index contributed by atoms with van der Waals surface area (Å²) in [5, 5.41) is 20.1. The predicted octanol–water partition coefficient (Wildman–Crippen LogP) is 4.18. The monoisotopic (exact) mass is 264 g/mol. The molecule has 94 valence electrons. The van der Waals surface area contributed by atoms with Gasteiger partial charge < -0.3 is 0 Å². The molecule has 0 amide bonds. The van der Waals surface area contributed by atoms with Gasteiger partial charge in [-0.05, 0) is 25.0 Å². The van der Waals surface area contributed by atoms with Crippen LogP contribution in [-0.4, -0.2) is 4.92 Å². The third kappa shape index (κ3) is 3.08. The van der Waals surface area contributed by atoms with Crippen LogP contribution in [0.3, 0.4) is 0 Å². The van der Waals surface area contributed by atoms with Gasteiger partial charge in [-0.1, -0.05) is 31.0 Å². The lowest BCUT2D eigenvalue weighted by molar-refractivity contribution is -0.385. The standard InChI is InChI=1S/C13H13ClN2O2/c1-3-4-10(8-15)13(14)11-7-9(2)5-6-12(11)16(17)18/h5-7H,3-4H2,1-2H3. The van der Waals surface area contributed by atoms with Crippen molar-refractivity contribution in [2.24, 2.45) is 0 Å². The molecule has 0 bridgehead atoms. The van der Waals surface area contributed by atoms with Gasteiger partial charge in [-0.25, -0.2) is 0 Å². The molecule has 0 aliphatic heterocycles. The van der Waals surface area contributed by atoms with Crippen molar-refractivity contribution in [3.8, 4) is 6.07 Å². The van der Waals surface area contributed by atoms with E-state index in [9.17, 15) is 10.1 Å². The van der Waals surface area contributed by atoms with Crippen molar-refractivity contribution in [3.05, 3.63) is 45.0 Å². The first-order valence-corrected chi connectivity index (χ1v) is 5.93. The normalized spacial score (nSPS) is 11.7. The van der Waals surface area contributed by atoms with Crippen LogP contribution in [0.5, 0.6) is 0 Å². The van der Waals surface area contributed by atoms with E-state index in [-0.39, 0.29) is 10.7 Å². The first kappa shape index (κ1) is 14.2. The van der Waals surface area contributed by atoms with Crippen LogP contribution < -0.4 is 0 Å². The fourth-order valence-corrected chi connectivity index (χ4v) is 1.90. The van der Waals surface area contributed by atoms with E-state index in [1.165, 1.54) is 6.07 Å². The summed E-state index contributed by atoms with van der Waals surface area (Å²) in [7, 11) is 0. The van der Waals surface area contributed by atoms with Gasteiger partial charge in [0.05, 0.1) is 21.6 Å². The van der Waals surface area contributed by atoms with Gasteiger partial charge >= 0.3 is 0 Å². The third-order valence-electron chi connectivity index (χ3n) is 2.49. The number of nitriles is 1. The minimum atomic E-state index is -0.488. The Kier molecular flexibility index (Phi) is 4.87. The summed E-state index contributed by atoms with van der Waals surface area (Å²) in [5.74, 6) is 0. The third-order valence-corrected chi connectivity index (χ3v) is 2.92. The Hall–Kier alpha value is -1.86. The van der Waals surface area contributed by atoms with Crippen molar-refractivity contribution in [1.29, 1.82) is 5.26 Å². The molecule has 1 aromatic rings. The molecule has 18 heavy (non-hydrogen) atoms. The van der Waals surface area contributed by atoms with Gasteiger partial charge in [-0.2, -0.15) is 5.26 Å². The molecule has 0 heterocycles. The van der Waals surface area contributed by atoms with Crippen LogP contribution in [0.25, 0.3) is 5.03 Å². The van der Waals surface area contributed by atoms with Crippen LogP contribution in [0.15, 0.2) is 23.8 Å². The van der Waals surface area contributed by atoms with Crippen LogP contribution in [0.4, 0.5) is 5.69 Å². The number of hydrogen-bond donors (Lipinski definition) is 0. The Labute approximate surface area is 111 Å². The second kappa shape index (κ2) is 6.18. The molecule has 0 fully saturated rings. The minimum absolute atomic E-state index is 0.0746. The van der Waals surface area contributed by atoms with Crippen LogP contribution in [-0.2, 0) is 0 Å². The average Bonchev–Trinajstić information content (AvgIpc) is 2.34. The van der Waals surface area contributed by atoms with Crippen LogP contribution in [0, 0.1) is 28.4 Å². The lowest BCUT2D eigenvalue weighted by Gasteiger charge is -2.05. The highest BCUT2D eigenvalue weighted by molar-refractivity contribution is 6.50. The Morgan fingerprint density at radius 3 is 2.72 bits per heavy atom. The van der Waals surface area contributed by atoms with E-state index < -0.39 is 4.92 Å². The fourth-order valence-electron chi connectivity index (χ4n) is 1.61. The Bertz CT molecular complexity index is 544. The maximum atomic E-state index is 10.9. The van der Waals surface area contributed by atoms with Gasteiger partial charge in [-0.3, -0.25) is 10.1 Å². The number of hydrogen-bond acceptors (Lipinski definition) is 3. The largest absolute Gasteiger partial charge is 0.278 e. The highest BCUT2D eigenvalue weighted by atomic mass is 35.5. The van der Waals surface area contributed by atoms with Gasteiger partial charge in [-0.15, -0.1) is 0 Å². The molecule has 0 N–H and O–H groups in total. The van der Waals surface area contributed by atoms with Crippen molar-refractivity contribution in [3.63, 3.8) is 0 Å². The second-order valence-corrected chi connectivity index (χ2v) is 4.31. The summed E-state index contributed by atoms with van der Waals surface area (Å²) in [5.41, 5.74) is 1.48. The molecule has 0 saturated carbocycles. The van der Waals surface area contributed by atoms with Gasteiger partial charge in [0.25, 0.3) is 5.69 Å². The van der Waals surface area contributed by atoms with E-state index in [4.69, 9.17) is 16.9 Å². The van der Waals surface area contributed by atoms with Crippen LogP contribution in [0.2, 0.25) is 0 Å². The molecule has 0 saturated heterocycles. The van der Waals surface area contributed by atoms with Crippen molar-refractivity contribution in [1.82, 2.24) is 0 Å². The van der Waals surface area contributed by atoms with E-state index in [0.29, 0.717) is 17.6 Å². The molecule has 4 nitrogen and oxygen atoms in total. The molecule has 0 radical (unpaired) electrons. The van der Waals surface area contributed by atoms with Crippen molar-refractivity contribution < 1.29 is 4.92 Å². The molecule has 1 aromatic carbocycles. The number of nitro benzene ring substituents is 1. The lowest BCUT2D eigenvalue weighted by Crippen LogP contribution is -1.95. The first-order valence-electron chi connectivity index (χ1n) is 5.55. The van der Waals surface area contributed by atoms with Crippen molar-refractivity contribution in [2.45, 2.75) is 26.7 Å². The number of rotatable bonds is 4. The second-order valence-electron chi connectivity index (χ2n) is 3.93. The van der Waals surface area contributed by atoms with E-state index >= 15 is 0 Å². The zero-order valence-corrected chi connectivity index (χ0v) is 11.0. The van der Waals surface area contributed by atoms with E-state index in [0.717, 1.165) is 12.0 Å². The number of allylic oxidation sites excluding steroid dienone is 1. The molecule has 0 atom stereocenters. The lowest BCUT2D eigenvalue weighted by atomic mass is 10.0. The highest BCUT2D eigenvalue weighted by Gasteiger charge is 2.18. The fraction of sp³-hybridized carbons (Fsp3) is 0.308. The average molecular weight is 265 g/mol. The number of halogens is 1. The van der Waals surface area contributed by atoms with E-state index in [1.54, 1.807) is 12.1 Å². The summed E-state index contributed by atoms with van der Waals surface area (Å²) >= 11 is 6.13. The summed E-state index contributed by atoms with van der Waals surface area (Å²) in [4.78, 5) is 10.5. The van der Waals surface area contributed by atoms with Gasteiger partial charge in [0, 0.05) is 11.6 Å². The topological polar surface area (TPSA) is 66.9 Å². The first-order chi connectivity index (χ1) is 8.51. The number of nitrogens with zero attached hydrogens (tertiary/aromatic N) is 2. The Balaban J connectivity index is 3.44. The van der Waals surface area contributed by atoms with Gasteiger partial charge in [0.2, 0.25) is 0 Å². The zero-order chi connectivity index (χ0) is 13.7. The molecule has 1 rings (SSSR count). The molecule has 0 aliphatic carbocycles. The maximum absolute atomic E-state index is 10.9. The highest BCUT2D eigenvalue weighted by Crippen LogP contribution is 2.33.